The second-order valence-electron chi connectivity index (χ2n) is 11.7. The third kappa shape index (κ3) is 5.74. The van der Waals surface area contributed by atoms with E-state index in [4.69, 9.17) is 16.3 Å². The maximum absolute atomic E-state index is 9.99. The first-order chi connectivity index (χ1) is 17.9. The lowest BCUT2D eigenvalue weighted by molar-refractivity contribution is 0.139. The van der Waals surface area contributed by atoms with Gasteiger partial charge in [0, 0.05) is 38.7 Å². The van der Waals surface area contributed by atoms with E-state index in [1.165, 1.54) is 22.3 Å². The van der Waals surface area contributed by atoms with Gasteiger partial charge in [-0.15, -0.1) is 0 Å². The first-order valence-corrected chi connectivity index (χ1v) is 13.4. The van der Waals surface area contributed by atoms with Gasteiger partial charge >= 0.3 is 0 Å². The van der Waals surface area contributed by atoms with Crippen LogP contribution in [0.2, 0.25) is 0 Å². The fourth-order valence-corrected chi connectivity index (χ4v) is 5.59. The van der Waals surface area contributed by atoms with Crippen LogP contribution in [0.1, 0.15) is 73.5 Å². The van der Waals surface area contributed by atoms with Crippen molar-refractivity contribution in [3.63, 3.8) is 0 Å². The predicted octanol–water partition coefficient (Wildman–Crippen LogP) is 5.65. The molecule has 2 aromatic carbocycles. The minimum absolute atomic E-state index is 0.0231. The van der Waals surface area contributed by atoms with Gasteiger partial charge in [0.25, 0.3) is 0 Å². The predicted molar refractivity (Wildman–Crippen MR) is 155 cm³/mol. The normalized spacial score (nSPS) is 16.9. The lowest BCUT2D eigenvalue weighted by Crippen LogP contribution is -2.32. The van der Waals surface area contributed by atoms with E-state index in [9.17, 15) is 5.11 Å². The molecule has 204 valence electrons. The van der Waals surface area contributed by atoms with Crippen LogP contribution in [-0.4, -0.2) is 34.7 Å². The molecule has 2 unspecified atom stereocenters. The van der Waals surface area contributed by atoms with Crippen LogP contribution < -0.4 is 21.3 Å². The third-order valence-corrected chi connectivity index (χ3v) is 7.69. The molecule has 0 bridgehead atoms. The number of rotatable bonds is 6. The largest absolute Gasteiger partial charge is 0.493 e. The highest BCUT2D eigenvalue weighted by Gasteiger charge is 2.31. The Hall–Kier alpha value is -3.29. The van der Waals surface area contributed by atoms with E-state index >= 15 is 0 Å². The van der Waals surface area contributed by atoms with E-state index in [-0.39, 0.29) is 23.3 Å². The number of anilines is 2. The van der Waals surface area contributed by atoms with Crippen molar-refractivity contribution in [1.82, 2.24) is 9.88 Å². The first-order valence-electron chi connectivity index (χ1n) is 13.4. The highest BCUT2D eigenvalue weighted by atomic mass is 16.5. The summed E-state index contributed by atoms with van der Waals surface area (Å²) in [5.41, 5.74) is 14.9. The van der Waals surface area contributed by atoms with Crippen molar-refractivity contribution in [2.24, 2.45) is 11.3 Å². The van der Waals surface area contributed by atoms with Crippen LogP contribution in [0, 0.1) is 19.3 Å². The average Bonchev–Trinajstić information content (AvgIpc) is 3.01. The number of hydrogen-bond donors (Lipinski definition) is 3. The Morgan fingerprint density at radius 3 is 2.55 bits per heavy atom. The Balaban J connectivity index is 1.72. The minimum Gasteiger partial charge on any atom is -0.493 e. The number of nitrogen functional groups attached to an aromatic ring is 1. The molecular weight excluding hydrogens is 474 g/mol. The number of nitrogens with zero attached hydrogens (tertiary/aromatic N) is 3. The summed E-state index contributed by atoms with van der Waals surface area (Å²) in [6, 6.07) is 14.4. The first kappa shape index (κ1) is 27.7. The second kappa shape index (κ2) is 10.8. The lowest BCUT2D eigenvalue weighted by Gasteiger charge is -2.34. The molecule has 5 N–H and O–H groups in total. The Bertz CT molecular complexity index is 1300. The number of aromatic hydroxyl groups is 1. The van der Waals surface area contributed by atoms with E-state index in [1.807, 2.05) is 19.2 Å². The maximum Gasteiger partial charge on any atom is 0.211 e. The molecule has 0 radical (unpaired) electrons. The van der Waals surface area contributed by atoms with Crippen molar-refractivity contribution < 1.29 is 9.84 Å². The van der Waals surface area contributed by atoms with Crippen LogP contribution in [0.4, 0.5) is 11.4 Å². The summed E-state index contributed by atoms with van der Waals surface area (Å²) in [7, 11) is 1.81. The fourth-order valence-electron chi connectivity index (χ4n) is 5.59. The van der Waals surface area contributed by atoms with Crippen molar-refractivity contribution in [2.45, 2.75) is 73.1 Å². The summed E-state index contributed by atoms with van der Waals surface area (Å²) in [5.74, 6) is 6.95. The number of pyridine rings is 1. The number of ether oxygens (including phenoxy) is 1. The van der Waals surface area contributed by atoms with E-state index < -0.39 is 0 Å². The van der Waals surface area contributed by atoms with Crippen LogP contribution in [0.3, 0.4) is 0 Å². The quantitative estimate of drug-likeness (QED) is 0.221. The molecule has 7 nitrogen and oxygen atoms in total. The fraction of sp³-hybridized carbons (Fsp3) is 0.452. The van der Waals surface area contributed by atoms with Gasteiger partial charge in [0.1, 0.15) is 17.5 Å². The number of fused-ring (bicyclic) bond motifs is 1. The molecule has 0 fully saturated rings. The minimum atomic E-state index is -0.0377. The highest BCUT2D eigenvalue weighted by Crippen LogP contribution is 2.44. The molecule has 7 heteroatoms. The van der Waals surface area contributed by atoms with Gasteiger partial charge < -0.3 is 20.6 Å². The standard InChI is InChI=1S/C31H43N5O2/c1-8-23-17-36(18-25-27(38-23)13-14-28(37)34-25)16-22-15-21(10-9-19(22)2)29(31(4,5)6)24-11-12-26(35(7)33)30(32)20(24)3/h9-15,23,29H,8,16-18,32-33H2,1-7H3,(H,34,37). The monoisotopic (exact) mass is 517 g/mol. The van der Waals surface area contributed by atoms with Crippen LogP contribution in [0.25, 0.3) is 0 Å². The maximum atomic E-state index is 9.99. The van der Waals surface area contributed by atoms with Crippen molar-refractivity contribution in [3.05, 3.63) is 76.0 Å². The zero-order chi connectivity index (χ0) is 27.8. The molecule has 2 heterocycles. The molecule has 1 aromatic heterocycles. The Kier molecular flexibility index (Phi) is 7.90. The summed E-state index contributed by atoms with van der Waals surface area (Å²) in [5, 5.41) is 11.6. The highest BCUT2D eigenvalue weighted by molar-refractivity contribution is 5.72. The molecule has 1 aliphatic rings. The zero-order valence-electron chi connectivity index (χ0n) is 23.9. The van der Waals surface area contributed by atoms with Gasteiger partial charge in [-0.05, 0) is 65.6 Å². The lowest BCUT2D eigenvalue weighted by atomic mass is 9.71. The molecule has 1 aliphatic heterocycles. The number of hydrazine groups is 1. The van der Waals surface area contributed by atoms with E-state index in [2.05, 4.69) is 75.7 Å². The second-order valence-corrected chi connectivity index (χ2v) is 11.7. The van der Waals surface area contributed by atoms with Crippen LogP contribution in [0.15, 0.2) is 42.5 Å². The summed E-state index contributed by atoms with van der Waals surface area (Å²) >= 11 is 0. The van der Waals surface area contributed by atoms with Crippen molar-refractivity contribution in [3.8, 4) is 11.6 Å². The molecule has 3 aromatic rings. The van der Waals surface area contributed by atoms with Gasteiger partial charge in [-0.2, -0.15) is 0 Å². The van der Waals surface area contributed by atoms with Crippen molar-refractivity contribution >= 4 is 11.4 Å². The number of aromatic nitrogens is 1. The Labute approximate surface area is 227 Å². The molecule has 0 saturated heterocycles. The van der Waals surface area contributed by atoms with E-state index in [0.29, 0.717) is 6.54 Å². The van der Waals surface area contributed by atoms with Gasteiger partial charge in [-0.25, -0.2) is 10.8 Å². The summed E-state index contributed by atoms with van der Waals surface area (Å²) < 4.78 is 6.24. The molecule has 2 atom stereocenters. The molecule has 0 spiro atoms. The van der Waals surface area contributed by atoms with Crippen LogP contribution in [0.5, 0.6) is 11.6 Å². The van der Waals surface area contributed by atoms with E-state index in [0.717, 1.165) is 47.9 Å². The van der Waals surface area contributed by atoms with Gasteiger partial charge in [0.2, 0.25) is 5.88 Å². The van der Waals surface area contributed by atoms with Gasteiger partial charge in [-0.1, -0.05) is 52.0 Å². The molecule has 4 rings (SSSR count). The number of aryl methyl sites for hydroxylation is 1. The summed E-state index contributed by atoms with van der Waals surface area (Å²) in [6.07, 6.45) is 0.967. The molecule has 38 heavy (non-hydrogen) atoms. The molecular formula is C31H43N5O2. The summed E-state index contributed by atoms with van der Waals surface area (Å²) in [6.45, 7) is 15.4. The SMILES string of the molecule is CCC1CN(Cc2cc(C(c3ccc(N(C)N)c(N)c3C)C(C)(C)C)ccc2C)Cc2nc(O)ccc2O1. The van der Waals surface area contributed by atoms with E-state index in [1.54, 1.807) is 11.1 Å². The Morgan fingerprint density at radius 2 is 1.89 bits per heavy atom. The summed E-state index contributed by atoms with van der Waals surface area (Å²) in [4.78, 5) is 6.75. The number of benzene rings is 2. The van der Waals surface area contributed by atoms with Crippen molar-refractivity contribution in [2.75, 3.05) is 24.3 Å². The molecule has 0 amide bonds. The zero-order valence-corrected chi connectivity index (χ0v) is 23.9. The Morgan fingerprint density at radius 1 is 1.16 bits per heavy atom. The van der Waals surface area contributed by atoms with Crippen LogP contribution >= 0.6 is 0 Å². The number of nitrogens with two attached hydrogens (primary N) is 2. The van der Waals surface area contributed by atoms with Gasteiger partial charge in [0.15, 0.2) is 0 Å². The number of hydrogen-bond acceptors (Lipinski definition) is 7. The topological polar surface area (TPSA) is 101 Å². The smallest absolute Gasteiger partial charge is 0.211 e. The molecule has 0 aliphatic carbocycles. The van der Waals surface area contributed by atoms with Crippen LogP contribution in [-0.2, 0) is 13.1 Å². The van der Waals surface area contributed by atoms with Gasteiger partial charge in [-0.3, -0.25) is 4.90 Å². The van der Waals surface area contributed by atoms with Gasteiger partial charge in [0.05, 0.1) is 11.4 Å². The molecule has 0 saturated carbocycles. The average molecular weight is 518 g/mol. The van der Waals surface area contributed by atoms with Crippen molar-refractivity contribution in [1.29, 1.82) is 0 Å². The third-order valence-electron chi connectivity index (χ3n) is 7.69.